The summed E-state index contributed by atoms with van der Waals surface area (Å²) >= 11 is 0. The summed E-state index contributed by atoms with van der Waals surface area (Å²) < 4.78 is 3.95. The van der Waals surface area contributed by atoms with Gasteiger partial charge in [0.05, 0.1) is 12.7 Å². The molecule has 4 aromatic rings. The molecule has 0 radical (unpaired) electrons. The molecule has 3 heterocycles. The molecule has 3 aromatic heterocycles. The normalized spacial score (nSPS) is 11.1. The van der Waals surface area contributed by atoms with Crippen LogP contribution in [0.5, 0.6) is 0 Å². The van der Waals surface area contributed by atoms with Gasteiger partial charge in [0.15, 0.2) is 0 Å². The van der Waals surface area contributed by atoms with Gasteiger partial charge in [-0.15, -0.1) is 5.10 Å². The molecule has 1 aromatic carbocycles. The number of hydrogen-bond donors (Lipinski definition) is 0. The highest BCUT2D eigenvalue weighted by molar-refractivity contribution is 5.94. The maximum Gasteiger partial charge on any atom is 0.140 e. The molecule has 0 bridgehead atoms. The number of pyridine rings is 1. The van der Waals surface area contributed by atoms with Crippen LogP contribution in [-0.2, 0) is 13.1 Å². The second kappa shape index (κ2) is 5.40. The van der Waals surface area contributed by atoms with E-state index in [2.05, 4.69) is 37.0 Å². The van der Waals surface area contributed by atoms with E-state index in [1.807, 2.05) is 47.8 Å². The van der Waals surface area contributed by atoms with Crippen LogP contribution in [0.25, 0.3) is 22.2 Å². The van der Waals surface area contributed by atoms with E-state index in [1.54, 1.807) is 6.20 Å². The Hall–Kier alpha value is -3.02. The number of fused-ring (bicyclic) bond motifs is 1. The average Bonchev–Trinajstić information content (AvgIpc) is 3.24. The summed E-state index contributed by atoms with van der Waals surface area (Å²) in [4.78, 5) is 8.72. The summed E-state index contributed by atoms with van der Waals surface area (Å²) in [5.41, 5.74) is 1.11. The van der Waals surface area contributed by atoms with E-state index in [9.17, 15) is 0 Å². The molecular formula is C16H14N6. The lowest BCUT2D eigenvalue weighted by molar-refractivity contribution is 0.522. The second-order valence-electron chi connectivity index (χ2n) is 5.01. The highest BCUT2D eigenvalue weighted by Crippen LogP contribution is 2.26. The minimum Gasteiger partial charge on any atom is -0.329 e. The second-order valence-corrected chi connectivity index (χ2v) is 5.01. The SMILES string of the molecule is c1cc(-c2nccn2CCn2ccnn2)c2ccncc2c1. The van der Waals surface area contributed by atoms with Gasteiger partial charge in [0, 0.05) is 48.5 Å². The first-order chi connectivity index (χ1) is 10.9. The van der Waals surface area contributed by atoms with Crippen molar-refractivity contribution >= 4 is 10.8 Å². The van der Waals surface area contributed by atoms with Crippen molar-refractivity contribution < 1.29 is 0 Å². The molecule has 22 heavy (non-hydrogen) atoms. The summed E-state index contributed by atoms with van der Waals surface area (Å²) in [6, 6.07) is 8.22. The van der Waals surface area contributed by atoms with Crippen molar-refractivity contribution in [2.45, 2.75) is 13.1 Å². The lowest BCUT2D eigenvalue weighted by Crippen LogP contribution is -2.08. The number of hydrogen-bond acceptors (Lipinski definition) is 4. The summed E-state index contributed by atoms with van der Waals surface area (Å²) in [5, 5.41) is 10.1. The molecule has 0 saturated heterocycles. The van der Waals surface area contributed by atoms with Gasteiger partial charge in [-0.1, -0.05) is 23.4 Å². The Labute approximate surface area is 127 Å². The standard InChI is InChI=1S/C16H14N6/c1-2-13-12-17-5-4-14(13)15(3-1)16-18-6-8-21(16)10-11-22-9-7-19-20-22/h1-9,12H,10-11H2. The number of benzene rings is 1. The third-order valence-electron chi connectivity index (χ3n) is 3.68. The molecule has 0 fully saturated rings. The lowest BCUT2D eigenvalue weighted by atomic mass is 10.1. The first kappa shape index (κ1) is 12.7. The molecule has 0 atom stereocenters. The summed E-state index contributed by atoms with van der Waals surface area (Å²) in [6.45, 7) is 1.55. The Bertz CT molecular complexity index is 889. The van der Waals surface area contributed by atoms with E-state index in [-0.39, 0.29) is 0 Å². The van der Waals surface area contributed by atoms with Gasteiger partial charge < -0.3 is 4.57 Å². The van der Waals surface area contributed by atoms with E-state index in [4.69, 9.17) is 0 Å². The van der Waals surface area contributed by atoms with Crippen LogP contribution in [0, 0.1) is 0 Å². The zero-order valence-electron chi connectivity index (χ0n) is 11.9. The summed E-state index contributed by atoms with van der Waals surface area (Å²) in [5.74, 6) is 0.955. The van der Waals surface area contributed by atoms with E-state index in [0.29, 0.717) is 0 Å². The molecule has 6 nitrogen and oxygen atoms in total. The molecular weight excluding hydrogens is 276 g/mol. The van der Waals surface area contributed by atoms with Crippen molar-refractivity contribution in [1.82, 2.24) is 29.5 Å². The number of aryl methyl sites for hydroxylation is 2. The molecule has 0 aliphatic heterocycles. The van der Waals surface area contributed by atoms with Crippen molar-refractivity contribution in [2.75, 3.05) is 0 Å². The number of aromatic nitrogens is 6. The maximum atomic E-state index is 4.53. The van der Waals surface area contributed by atoms with Crippen LogP contribution in [0.1, 0.15) is 0 Å². The van der Waals surface area contributed by atoms with Gasteiger partial charge in [0.25, 0.3) is 0 Å². The molecule has 0 unspecified atom stereocenters. The molecule has 0 spiro atoms. The van der Waals surface area contributed by atoms with Crippen LogP contribution in [0.4, 0.5) is 0 Å². The topological polar surface area (TPSA) is 61.4 Å². The number of nitrogens with zero attached hydrogens (tertiary/aromatic N) is 6. The predicted molar refractivity (Wildman–Crippen MR) is 83.0 cm³/mol. The Morgan fingerprint density at radius 3 is 2.86 bits per heavy atom. The highest BCUT2D eigenvalue weighted by atomic mass is 15.4. The Kier molecular flexibility index (Phi) is 3.12. The first-order valence-corrected chi connectivity index (χ1v) is 7.10. The Morgan fingerprint density at radius 1 is 0.955 bits per heavy atom. The smallest absolute Gasteiger partial charge is 0.140 e. The van der Waals surface area contributed by atoms with Gasteiger partial charge in [-0.2, -0.15) is 0 Å². The zero-order valence-corrected chi connectivity index (χ0v) is 11.9. The summed E-state index contributed by atoms with van der Waals surface area (Å²) in [6.07, 6.45) is 11.1. The van der Waals surface area contributed by atoms with E-state index < -0.39 is 0 Å². The largest absolute Gasteiger partial charge is 0.329 e. The third-order valence-corrected chi connectivity index (χ3v) is 3.68. The number of imidazole rings is 1. The number of rotatable bonds is 4. The van der Waals surface area contributed by atoms with E-state index in [1.165, 1.54) is 0 Å². The first-order valence-electron chi connectivity index (χ1n) is 7.10. The van der Waals surface area contributed by atoms with Crippen molar-refractivity contribution in [3.8, 4) is 11.4 Å². The van der Waals surface area contributed by atoms with E-state index >= 15 is 0 Å². The average molecular weight is 290 g/mol. The van der Waals surface area contributed by atoms with Crippen LogP contribution >= 0.6 is 0 Å². The van der Waals surface area contributed by atoms with Crippen molar-refractivity contribution in [3.63, 3.8) is 0 Å². The molecule has 0 amide bonds. The van der Waals surface area contributed by atoms with Gasteiger partial charge in [-0.25, -0.2) is 4.98 Å². The molecule has 0 aliphatic carbocycles. The van der Waals surface area contributed by atoms with Crippen LogP contribution in [0.2, 0.25) is 0 Å². The van der Waals surface area contributed by atoms with Crippen molar-refractivity contribution in [1.29, 1.82) is 0 Å². The maximum absolute atomic E-state index is 4.53. The van der Waals surface area contributed by atoms with Crippen molar-refractivity contribution in [3.05, 3.63) is 61.4 Å². The van der Waals surface area contributed by atoms with Crippen LogP contribution in [-0.4, -0.2) is 29.5 Å². The van der Waals surface area contributed by atoms with Crippen LogP contribution in [0.3, 0.4) is 0 Å². The molecule has 0 aliphatic rings. The van der Waals surface area contributed by atoms with Crippen molar-refractivity contribution in [2.24, 2.45) is 0 Å². The molecule has 108 valence electrons. The van der Waals surface area contributed by atoms with Gasteiger partial charge in [-0.05, 0) is 11.5 Å². The third kappa shape index (κ3) is 2.24. The molecule has 0 saturated carbocycles. The Morgan fingerprint density at radius 2 is 1.95 bits per heavy atom. The molecule has 4 rings (SSSR count). The molecule has 6 heteroatoms. The predicted octanol–water partition coefficient (Wildman–Crippen LogP) is 2.39. The monoisotopic (exact) mass is 290 g/mol. The summed E-state index contributed by atoms with van der Waals surface area (Å²) in [7, 11) is 0. The van der Waals surface area contributed by atoms with Gasteiger partial charge >= 0.3 is 0 Å². The van der Waals surface area contributed by atoms with Crippen LogP contribution in [0.15, 0.2) is 61.4 Å². The highest BCUT2D eigenvalue weighted by Gasteiger charge is 2.09. The fraction of sp³-hybridized carbons (Fsp3) is 0.125. The van der Waals surface area contributed by atoms with Gasteiger partial charge in [0.2, 0.25) is 0 Å². The molecule has 0 N–H and O–H groups in total. The van der Waals surface area contributed by atoms with Gasteiger partial charge in [-0.3, -0.25) is 9.67 Å². The fourth-order valence-corrected chi connectivity index (χ4v) is 2.61. The fourth-order valence-electron chi connectivity index (χ4n) is 2.61. The van der Waals surface area contributed by atoms with Crippen LogP contribution < -0.4 is 0 Å². The Balaban J connectivity index is 1.72. The minimum absolute atomic E-state index is 0.760. The zero-order chi connectivity index (χ0) is 14.8. The minimum atomic E-state index is 0.760. The quantitative estimate of drug-likeness (QED) is 0.579. The van der Waals surface area contributed by atoms with E-state index in [0.717, 1.165) is 35.2 Å². The lowest BCUT2D eigenvalue weighted by Gasteiger charge is -2.10. The van der Waals surface area contributed by atoms with Gasteiger partial charge in [0.1, 0.15) is 5.82 Å².